The van der Waals surface area contributed by atoms with Gasteiger partial charge in [0.25, 0.3) is 0 Å². The molecule has 0 saturated carbocycles. The first kappa shape index (κ1) is 15.7. The summed E-state index contributed by atoms with van der Waals surface area (Å²) in [7, 11) is 1.36. The highest BCUT2D eigenvalue weighted by atomic mass is 16.6. The number of carboxylic acid groups (broad SMARTS) is 1. The topological polar surface area (TPSA) is 92.9 Å². The molecule has 0 saturated heterocycles. The second kappa shape index (κ2) is 6.74. The van der Waals surface area contributed by atoms with Crippen molar-refractivity contribution in [3.63, 3.8) is 0 Å². The second-order valence-corrected chi connectivity index (χ2v) is 4.54. The molecule has 0 radical (unpaired) electrons. The molecule has 0 aliphatic heterocycles. The molecular weight excluding hydrogens is 264 g/mol. The van der Waals surface area contributed by atoms with Gasteiger partial charge in [0.1, 0.15) is 0 Å². The largest absolute Gasteiger partial charge is 0.490 e. The van der Waals surface area contributed by atoms with Crippen LogP contribution in [-0.2, 0) is 4.79 Å². The first-order valence-corrected chi connectivity index (χ1v) is 6.17. The summed E-state index contributed by atoms with van der Waals surface area (Å²) in [5.74, 6) is -0.724. The molecule has 0 amide bonds. The van der Waals surface area contributed by atoms with E-state index in [-0.39, 0.29) is 23.9 Å². The van der Waals surface area contributed by atoms with Crippen molar-refractivity contribution in [2.75, 3.05) is 18.6 Å². The molecule has 0 aliphatic rings. The Kier molecular flexibility index (Phi) is 5.31. The maximum atomic E-state index is 10.8. The lowest BCUT2D eigenvalue weighted by atomic mass is 10.2. The van der Waals surface area contributed by atoms with Crippen molar-refractivity contribution in [3.8, 4) is 5.75 Å². The van der Waals surface area contributed by atoms with E-state index in [0.29, 0.717) is 12.2 Å². The van der Waals surface area contributed by atoms with Gasteiger partial charge in [-0.3, -0.25) is 14.9 Å². The number of rotatable bonds is 7. The molecule has 1 N–H and O–H groups in total. The molecular formula is C13H18N2O5. The number of nitro benzene ring substituents is 1. The molecule has 20 heavy (non-hydrogen) atoms. The van der Waals surface area contributed by atoms with Crippen LogP contribution in [0.4, 0.5) is 11.4 Å². The van der Waals surface area contributed by atoms with E-state index in [1.165, 1.54) is 13.2 Å². The lowest BCUT2D eigenvalue weighted by Gasteiger charge is -2.28. The third-order valence-electron chi connectivity index (χ3n) is 2.88. The predicted octanol–water partition coefficient (Wildman–Crippen LogP) is 2.29. The second-order valence-electron chi connectivity index (χ2n) is 4.54. The van der Waals surface area contributed by atoms with Crippen LogP contribution < -0.4 is 9.64 Å². The minimum Gasteiger partial charge on any atom is -0.490 e. The summed E-state index contributed by atoms with van der Waals surface area (Å²) in [6.45, 7) is 4.18. The van der Waals surface area contributed by atoms with Crippen molar-refractivity contribution in [1.29, 1.82) is 0 Å². The van der Waals surface area contributed by atoms with Crippen molar-refractivity contribution in [1.82, 2.24) is 0 Å². The highest BCUT2D eigenvalue weighted by Crippen LogP contribution is 2.32. The number of ether oxygens (including phenoxy) is 1. The lowest BCUT2D eigenvalue weighted by Crippen LogP contribution is -2.32. The van der Waals surface area contributed by atoms with Crippen molar-refractivity contribution in [2.45, 2.75) is 26.3 Å². The van der Waals surface area contributed by atoms with Crippen LogP contribution in [-0.4, -0.2) is 35.7 Å². The normalized spacial score (nSPS) is 10.4. The number of hydrogen-bond donors (Lipinski definition) is 1. The number of benzene rings is 1. The van der Waals surface area contributed by atoms with Crippen LogP contribution in [0.25, 0.3) is 0 Å². The van der Waals surface area contributed by atoms with Gasteiger partial charge in [0.15, 0.2) is 5.75 Å². The Balaban J connectivity index is 3.08. The van der Waals surface area contributed by atoms with E-state index in [1.54, 1.807) is 12.1 Å². The minimum absolute atomic E-state index is 0.00250. The van der Waals surface area contributed by atoms with E-state index in [9.17, 15) is 14.9 Å². The summed E-state index contributed by atoms with van der Waals surface area (Å²) in [5.41, 5.74) is 0.585. The van der Waals surface area contributed by atoms with E-state index in [2.05, 4.69) is 0 Å². The van der Waals surface area contributed by atoms with E-state index >= 15 is 0 Å². The Morgan fingerprint density at radius 2 is 2.15 bits per heavy atom. The van der Waals surface area contributed by atoms with Crippen LogP contribution in [0.2, 0.25) is 0 Å². The van der Waals surface area contributed by atoms with Gasteiger partial charge in [0.2, 0.25) is 0 Å². The fourth-order valence-electron chi connectivity index (χ4n) is 1.90. The molecule has 0 aliphatic carbocycles. The molecule has 0 fully saturated rings. The van der Waals surface area contributed by atoms with Crippen molar-refractivity contribution >= 4 is 17.3 Å². The first-order chi connectivity index (χ1) is 9.36. The Morgan fingerprint density at radius 1 is 1.50 bits per heavy atom. The van der Waals surface area contributed by atoms with Gasteiger partial charge in [-0.1, -0.05) is 0 Å². The van der Waals surface area contributed by atoms with Gasteiger partial charge in [-0.05, 0) is 19.9 Å². The molecule has 0 bridgehead atoms. The maximum Gasteiger partial charge on any atom is 0.311 e. The number of hydrogen-bond acceptors (Lipinski definition) is 5. The molecule has 0 heterocycles. The van der Waals surface area contributed by atoms with E-state index in [1.807, 2.05) is 18.7 Å². The van der Waals surface area contributed by atoms with Gasteiger partial charge in [0.05, 0.1) is 18.5 Å². The zero-order chi connectivity index (χ0) is 15.3. The molecule has 110 valence electrons. The zero-order valence-electron chi connectivity index (χ0n) is 11.7. The molecule has 7 heteroatoms. The molecule has 1 aromatic rings. The molecule has 1 rings (SSSR count). The lowest BCUT2D eigenvalue weighted by molar-refractivity contribution is -0.385. The van der Waals surface area contributed by atoms with Crippen LogP contribution in [0.15, 0.2) is 18.2 Å². The number of methoxy groups -OCH3 is 1. The highest BCUT2D eigenvalue weighted by Gasteiger charge is 2.19. The number of carboxylic acids is 1. The third kappa shape index (κ3) is 3.84. The zero-order valence-corrected chi connectivity index (χ0v) is 11.7. The summed E-state index contributed by atoms with van der Waals surface area (Å²) >= 11 is 0. The Morgan fingerprint density at radius 3 is 2.60 bits per heavy atom. The Labute approximate surface area is 116 Å². The maximum absolute atomic E-state index is 10.8. The standard InChI is InChI=1S/C13H18N2O5/c1-9(2)14(7-6-13(16)17)10-4-5-11(15(18)19)12(8-10)20-3/h4-5,8-9H,6-7H2,1-3H3,(H,16,17). The summed E-state index contributed by atoms with van der Waals surface area (Å²) < 4.78 is 5.02. The van der Waals surface area contributed by atoms with Crippen molar-refractivity contribution in [2.24, 2.45) is 0 Å². The number of aliphatic carboxylic acids is 1. The SMILES string of the molecule is COc1cc(N(CCC(=O)O)C(C)C)ccc1[N+](=O)[O-]. The van der Waals surface area contributed by atoms with Crippen LogP contribution in [0.5, 0.6) is 5.75 Å². The number of carbonyl (C=O) groups is 1. The molecule has 0 aromatic heterocycles. The summed E-state index contributed by atoms with van der Waals surface area (Å²) in [5, 5.41) is 19.6. The van der Waals surface area contributed by atoms with Crippen LogP contribution >= 0.6 is 0 Å². The van der Waals surface area contributed by atoms with Crippen LogP contribution in [0.1, 0.15) is 20.3 Å². The van der Waals surface area contributed by atoms with Gasteiger partial charge in [-0.15, -0.1) is 0 Å². The molecule has 0 spiro atoms. The number of nitro groups is 1. The highest BCUT2D eigenvalue weighted by molar-refractivity contribution is 5.68. The van der Waals surface area contributed by atoms with Gasteiger partial charge >= 0.3 is 11.7 Å². The van der Waals surface area contributed by atoms with E-state index < -0.39 is 10.9 Å². The van der Waals surface area contributed by atoms with E-state index in [0.717, 1.165) is 0 Å². The third-order valence-corrected chi connectivity index (χ3v) is 2.88. The van der Waals surface area contributed by atoms with Crippen LogP contribution in [0.3, 0.4) is 0 Å². The van der Waals surface area contributed by atoms with Crippen LogP contribution in [0, 0.1) is 10.1 Å². The predicted molar refractivity (Wildman–Crippen MR) is 74.4 cm³/mol. The van der Waals surface area contributed by atoms with Gasteiger partial charge in [-0.2, -0.15) is 0 Å². The molecule has 0 unspecified atom stereocenters. The van der Waals surface area contributed by atoms with Gasteiger partial charge in [0, 0.05) is 30.4 Å². The minimum atomic E-state index is -0.885. The summed E-state index contributed by atoms with van der Waals surface area (Å²) in [6, 6.07) is 4.59. The molecule has 0 atom stereocenters. The number of anilines is 1. The molecule has 1 aromatic carbocycles. The van der Waals surface area contributed by atoms with Crippen molar-refractivity contribution in [3.05, 3.63) is 28.3 Å². The smallest absolute Gasteiger partial charge is 0.311 e. The average Bonchev–Trinajstić information content (AvgIpc) is 2.37. The number of nitrogens with zero attached hydrogens (tertiary/aromatic N) is 2. The van der Waals surface area contributed by atoms with Gasteiger partial charge in [-0.25, -0.2) is 0 Å². The Hall–Kier alpha value is -2.31. The van der Waals surface area contributed by atoms with E-state index in [4.69, 9.17) is 9.84 Å². The van der Waals surface area contributed by atoms with Crippen molar-refractivity contribution < 1.29 is 19.6 Å². The van der Waals surface area contributed by atoms with Gasteiger partial charge < -0.3 is 14.7 Å². The monoisotopic (exact) mass is 282 g/mol. The quantitative estimate of drug-likeness (QED) is 0.609. The average molecular weight is 282 g/mol. The summed E-state index contributed by atoms with van der Waals surface area (Å²) in [4.78, 5) is 22.9. The Bertz CT molecular complexity index is 502. The first-order valence-electron chi connectivity index (χ1n) is 6.17. The fourth-order valence-corrected chi connectivity index (χ4v) is 1.90. The summed E-state index contributed by atoms with van der Waals surface area (Å²) in [6.07, 6.45) is -0.00250. The fraction of sp³-hybridized carbons (Fsp3) is 0.462. The molecule has 7 nitrogen and oxygen atoms in total.